The topological polar surface area (TPSA) is 89.7 Å². The van der Waals surface area contributed by atoms with E-state index in [9.17, 15) is 4.79 Å². The molecular formula is C22H40N4O3Si. The highest BCUT2D eigenvalue weighted by molar-refractivity contribution is 6.74. The van der Waals surface area contributed by atoms with Crippen molar-refractivity contribution in [2.24, 2.45) is 5.92 Å². The van der Waals surface area contributed by atoms with Crippen molar-refractivity contribution in [1.29, 1.82) is 0 Å². The van der Waals surface area contributed by atoms with E-state index in [2.05, 4.69) is 56.0 Å². The average Bonchev–Trinajstić information content (AvgIpc) is 2.55. The lowest BCUT2D eigenvalue weighted by atomic mass is 9.92. The highest BCUT2D eigenvalue weighted by atomic mass is 28.4. The number of hydrogen-bond donors (Lipinski definition) is 2. The molecule has 170 valence electrons. The van der Waals surface area contributed by atoms with Gasteiger partial charge in [0.2, 0.25) is 0 Å². The van der Waals surface area contributed by atoms with Crippen LogP contribution in [0.5, 0.6) is 0 Å². The zero-order valence-electron chi connectivity index (χ0n) is 20.1. The van der Waals surface area contributed by atoms with Crippen LogP contribution < -0.4 is 16.0 Å². The Hall–Kier alpha value is -1.80. The quantitative estimate of drug-likeness (QED) is 0.680. The number of amides is 1. The summed E-state index contributed by atoms with van der Waals surface area (Å²) in [7, 11) is -2.03. The van der Waals surface area contributed by atoms with E-state index in [1.54, 1.807) is 12.4 Å². The third-order valence-corrected chi connectivity index (χ3v) is 10.5. The summed E-state index contributed by atoms with van der Waals surface area (Å²) in [5.74, 6) is 0.195. The summed E-state index contributed by atoms with van der Waals surface area (Å²) in [6.07, 6.45) is 2.88. The van der Waals surface area contributed by atoms with Gasteiger partial charge in [-0.25, -0.2) is 4.79 Å². The van der Waals surface area contributed by atoms with Crippen LogP contribution in [0.3, 0.4) is 0 Å². The molecule has 3 atom stereocenters. The van der Waals surface area contributed by atoms with Crippen LogP contribution in [0.2, 0.25) is 18.1 Å². The molecule has 30 heavy (non-hydrogen) atoms. The lowest BCUT2D eigenvalue weighted by Gasteiger charge is -2.48. The zero-order chi connectivity index (χ0) is 22.9. The number of pyridine rings is 1. The number of rotatable bonds is 4. The Balaban J connectivity index is 2.30. The Kier molecular flexibility index (Phi) is 7.13. The maximum absolute atomic E-state index is 12.6. The highest BCUT2D eigenvalue weighted by Gasteiger charge is 2.45. The third-order valence-electron chi connectivity index (χ3n) is 5.99. The van der Waals surface area contributed by atoms with Crippen molar-refractivity contribution in [3.8, 4) is 0 Å². The number of carbonyl (C=O) groups excluding carboxylic acids is 1. The molecule has 0 aromatic carbocycles. The normalized spacial score (nSPS) is 23.2. The minimum atomic E-state index is -2.03. The molecule has 1 aromatic heterocycles. The molecule has 1 aromatic rings. The standard InChI is InChI=1S/C22H40N4O3Si/c1-15-13-26(18-10-11-24-12-16(18)23)14-17(25-20(27)28-21(2,3)4)19(15)29-30(8,9)22(5,6)7/h10-12,15,17,19H,13-14,23H2,1-9H3,(H,25,27)/t15-,17?,19+/m0/s1. The first-order chi connectivity index (χ1) is 13.6. The maximum atomic E-state index is 12.6. The molecule has 0 aliphatic carbocycles. The first kappa shape index (κ1) is 24.5. The third kappa shape index (κ3) is 6.10. The van der Waals surface area contributed by atoms with Crippen molar-refractivity contribution >= 4 is 25.8 Å². The summed E-state index contributed by atoms with van der Waals surface area (Å²) in [5.41, 5.74) is 7.18. The van der Waals surface area contributed by atoms with Crippen molar-refractivity contribution < 1.29 is 14.0 Å². The first-order valence-electron chi connectivity index (χ1n) is 10.7. The van der Waals surface area contributed by atoms with Gasteiger partial charge in [0.15, 0.2) is 8.32 Å². The summed E-state index contributed by atoms with van der Waals surface area (Å²) >= 11 is 0. The molecule has 1 aliphatic rings. The minimum Gasteiger partial charge on any atom is -0.444 e. The van der Waals surface area contributed by atoms with E-state index in [1.807, 2.05) is 26.8 Å². The predicted molar refractivity (Wildman–Crippen MR) is 125 cm³/mol. The molecule has 2 heterocycles. The summed E-state index contributed by atoms with van der Waals surface area (Å²) in [6, 6.07) is 1.70. The summed E-state index contributed by atoms with van der Waals surface area (Å²) in [5, 5.41) is 3.17. The predicted octanol–water partition coefficient (Wildman–Crippen LogP) is 4.40. The summed E-state index contributed by atoms with van der Waals surface area (Å²) in [4.78, 5) is 18.9. The summed E-state index contributed by atoms with van der Waals surface area (Å²) < 4.78 is 12.4. The van der Waals surface area contributed by atoms with E-state index in [1.165, 1.54) is 0 Å². The van der Waals surface area contributed by atoms with Gasteiger partial charge >= 0.3 is 6.09 Å². The molecule has 1 amide bonds. The van der Waals surface area contributed by atoms with Crippen LogP contribution in [0.25, 0.3) is 0 Å². The molecule has 1 aliphatic heterocycles. The van der Waals surface area contributed by atoms with Crippen molar-refractivity contribution in [1.82, 2.24) is 10.3 Å². The van der Waals surface area contributed by atoms with Crippen LogP contribution in [0.15, 0.2) is 18.5 Å². The van der Waals surface area contributed by atoms with E-state index in [4.69, 9.17) is 14.9 Å². The number of nitrogens with zero attached hydrogens (tertiary/aromatic N) is 2. The fraction of sp³-hybridized carbons (Fsp3) is 0.727. The first-order valence-corrected chi connectivity index (χ1v) is 13.6. The van der Waals surface area contributed by atoms with E-state index in [0.29, 0.717) is 12.2 Å². The van der Waals surface area contributed by atoms with Crippen molar-refractivity contribution in [3.63, 3.8) is 0 Å². The van der Waals surface area contributed by atoms with Crippen LogP contribution in [-0.4, -0.2) is 50.2 Å². The average molecular weight is 437 g/mol. The Morgan fingerprint density at radius 1 is 1.23 bits per heavy atom. The minimum absolute atomic E-state index is 0.0792. The number of piperidine rings is 1. The van der Waals surface area contributed by atoms with Crippen LogP contribution in [-0.2, 0) is 9.16 Å². The second-order valence-corrected chi connectivity index (χ2v) is 15.7. The van der Waals surface area contributed by atoms with Gasteiger partial charge < -0.3 is 25.1 Å². The number of nitrogens with one attached hydrogen (secondary N) is 1. The molecule has 1 saturated heterocycles. The molecule has 2 rings (SSSR count). The van der Waals surface area contributed by atoms with E-state index >= 15 is 0 Å². The number of carbonyl (C=O) groups is 1. The molecule has 1 unspecified atom stereocenters. The fourth-order valence-corrected chi connectivity index (χ4v) is 4.88. The highest BCUT2D eigenvalue weighted by Crippen LogP contribution is 2.40. The monoisotopic (exact) mass is 436 g/mol. The Morgan fingerprint density at radius 3 is 2.40 bits per heavy atom. The van der Waals surface area contributed by atoms with Gasteiger partial charge in [0.05, 0.1) is 29.7 Å². The van der Waals surface area contributed by atoms with Crippen molar-refractivity contribution in [3.05, 3.63) is 18.5 Å². The molecular weight excluding hydrogens is 396 g/mol. The number of alkyl carbamates (subject to hydrolysis) is 1. The summed E-state index contributed by atoms with van der Waals surface area (Å²) in [6.45, 7) is 20.3. The maximum Gasteiger partial charge on any atom is 0.408 e. The molecule has 8 heteroatoms. The lowest BCUT2D eigenvalue weighted by molar-refractivity contribution is 0.0336. The van der Waals surface area contributed by atoms with Gasteiger partial charge in [-0.15, -0.1) is 0 Å². The second kappa shape index (κ2) is 8.75. The van der Waals surface area contributed by atoms with E-state index in [0.717, 1.165) is 12.2 Å². The van der Waals surface area contributed by atoms with Gasteiger partial charge in [0, 0.05) is 25.2 Å². The molecule has 0 bridgehead atoms. The molecule has 0 saturated carbocycles. The molecule has 3 N–H and O–H groups in total. The number of ether oxygens (including phenoxy) is 1. The number of nitrogen functional groups attached to an aromatic ring is 1. The Morgan fingerprint density at radius 2 is 1.87 bits per heavy atom. The Labute approximate surface area is 182 Å². The molecule has 0 radical (unpaired) electrons. The number of hydrogen-bond acceptors (Lipinski definition) is 6. The number of nitrogens with two attached hydrogens (primary N) is 1. The van der Waals surface area contributed by atoms with Gasteiger partial charge in [-0.05, 0) is 45.0 Å². The van der Waals surface area contributed by atoms with Crippen LogP contribution >= 0.6 is 0 Å². The largest absolute Gasteiger partial charge is 0.444 e. The van der Waals surface area contributed by atoms with Gasteiger partial charge in [0.25, 0.3) is 0 Å². The van der Waals surface area contributed by atoms with Crippen LogP contribution in [0, 0.1) is 5.92 Å². The zero-order valence-corrected chi connectivity index (χ0v) is 21.1. The van der Waals surface area contributed by atoms with Crippen LogP contribution in [0.4, 0.5) is 16.2 Å². The van der Waals surface area contributed by atoms with E-state index in [-0.39, 0.29) is 23.1 Å². The lowest BCUT2D eigenvalue weighted by Crippen LogP contribution is -2.62. The van der Waals surface area contributed by atoms with Gasteiger partial charge in [0.1, 0.15) is 5.60 Å². The van der Waals surface area contributed by atoms with Crippen molar-refractivity contribution in [2.75, 3.05) is 23.7 Å². The fourth-order valence-electron chi connectivity index (χ4n) is 3.45. The second-order valence-electron chi connectivity index (χ2n) is 10.9. The van der Waals surface area contributed by atoms with Gasteiger partial charge in [-0.3, -0.25) is 4.98 Å². The number of anilines is 2. The Bertz CT molecular complexity index is 743. The van der Waals surface area contributed by atoms with Gasteiger partial charge in [-0.1, -0.05) is 27.7 Å². The molecule has 0 spiro atoms. The molecule has 7 nitrogen and oxygen atoms in total. The SMILES string of the molecule is C[C@H]1CN(c2ccncc2N)CC(NC(=O)OC(C)(C)C)[C@@H]1O[Si](C)(C)C(C)(C)C. The van der Waals surface area contributed by atoms with Gasteiger partial charge in [-0.2, -0.15) is 0 Å². The van der Waals surface area contributed by atoms with E-state index < -0.39 is 20.0 Å². The molecule has 1 fully saturated rings. The number of aromatic nitrogens is 1. The van der Waals surface area contributed by atoms with Crippen molar-refractivity contribution in [2.45, 2.75) is 84.3 Å². The smallest absolute Gasteiger partial charge is 0.408 e. The van der Waals surface area contributed by atoms with Crippen LogP contribution in [0.1, 0.15) is 48.5 Å².